The minimum atomic E-state index is -0.0473. The highest BCUT2D eigenvalue weighted by Crippen LogP contribution is 2.36. The van der Waals surface area contributed by atoms with Crippen LogP contribution >= 0.6 is 13.5 Å². The summed E-state index contributed by atoms with van der Waals surface area (Å²) in [6.45, 7) is 5.24. The number of nitrogens with two attached hydrogens (primary N) is 1. The highest BCUT2D eigenvalue weighted by atomic mass is 32.1. The number of aromatic nitrogens is 5. The van der Waals surface area contributed by atoms with Gasteiger partial charge in [-0.2, -0.15) is 18.8 Å². The Kier molecular flexibility index (Phi) is 8.22. The molecule has 0 aliphatic carbocycles. The predicted octanol–water partition coefficient (Wildman–Crippen LogP) is 1.59. The van der Waals surface area contributed by atoms with Gasteiger partial charge in [-0.15, -0.1) is 5.10 Å². The summed E-state index contributed by atoms with van der Waals surface area (Å²) in [6.07, 6.45) is 8.29. The SMILES string of the molecule is COc1ccc(CN2C3CC2CN(c2cnc(-c4cc(OC[C@@H]5CNCCO5)cn5nc(N)c(C#N)c45)cn2)C3)cn1.S. The average Bonchev–Trinajstić information content (AvgIpc) is 3.37. The number of nitrogens with one attached hydrogen (secondary N) is 1. The van der Waals surface area contributed by atoms with Gasteiger partial charge >= 0.3 is 0 Å². The number of hydrogen-bond donors (Lipinski definition) is 2. The normalized spacial score (nSPS) is 21.5. The molecule has 2 unspecified atom stereocenters. The topological polar surface area (TPSA) is 152 Å². The molecule has 4 aromatic rings. The van der Waals surface area contributed by atoms with Gasteiger partial charge in [0.1, 0.15) is 35.9 Å². The first-order valence-corrected chi connectivity index (χ1v) is 14.1. The number of methoxy groups -OCH3 is 1. The molecule has 4 aliphatic rings. The van der Waals surface area contributed by atoms with Crippen LogP contribution in [0.25, 0.3) is 16.8 Å². The lowest BCUT2D eigenvalue weighted by Gasteiger charge is -2.56. The van der Waals surface area contributed by atoms with Crippen LogP contribution in [-0.2, 0) is 11.3 Å². The number of nitriles is 1. The lowest BCUT2D eigenvalue weighted by Crippen LogP contribution is -2.68. The second-order valence-electron chi connectivity index (χ2n) is 10.9. The van der Waals surface area contributed by atoms with E-state index >= 15 is 0 Å². The van der Waals surface area contributed by atoms with E-state index in [2.05, 4.69) is 37.3 Å². The molecule has 13 nitrogen and oxygen atoms in total. The van der Waals surface area contributed by atoms with Crippen LogP contribution < -0.4 is 25.4 Å². The summed E-state index contributed by atoms with van der Waals surface area (Å²) in [5.41, 5.74) is 9.42. The number of nitrogens with zero attached hydrogens (tertiary/aromatic N) is 8. The fourth-order valence-electron chi connectivity index (χ4n) is 6.06. The maximum Gasteiger partial charge on any atom is 0.212 e. The number of piperidine rings is 1. The number of pyridine rings is 2. The molecule has 4 saturated heterocycles. The Bertz CT molecular complexity index is 1610. The van der Waals surface area contributed by atoms with Crippen molar-refractivity contribution in [1.82, 2.24) is 34.8 Å². The number of hydrogen-bond acceptors (Lipinski definition) is 12. The third-order valence-corrected chi connectivity index (χ3v) is 8.24. The van der Waals surface area contributed by atoms with Gasteiger partial charge in [0.15, 0.2) is 5.82 Å². The zero-order valence-electron chi connectivity index (χ0n) is 23.8. The molecule has 43 heavy (non-hydrogen) atoms. The van der Waals surface area contributed by atoms with E-state index in [-0.39, 0.29) is 25.4 Å². The van der Waals surface area contributed by atoms with E-state index in [1.165, 1.54) is 12.0 Å². The molecule has 0 radical (unpaired) electrons. The van der Waals surface area contributed by atoms with E-state index in [0.29, 0.717) is 59.3 Å². The molecule has 0 saturated carbocycles. The van der Waals surface area contributed by atoms with E-state index in [9.17, 15) is 5.26 Å². The monoisotopic (exact) mass is 602 g/mol. The van der Waals surface area contributed by atoms with Crippen molar-refractivity contribution in [2.45, 2.75) is 31.2 Å². The number of piperazine rings is 1. The molecular formula is C29H34N10O3S. The molecule has 4 aliphatic heterocycles. The molecule has 8 rings (SSSR count). The Labute approximate surface area is 256 Å². The van der Waals surface area contributed by atoms with Crippen LogP contribution in [0.1, 0.15) is 17.5 Å². The van der Waals surface area contributed by atoms with Crippen molar-refractivity contribution in [3.8, 4) is 29.0 Å². The molecule has 14 heteroatoms. The fourth-order valence-corrected chi connectivity index (χ4v) is 6.06. The summed E-state index contributed by atoms with van der Waals surface area (Å²) in [7, 11) is 1.63. The highest BCUT2D eigenvalue weighted by Gasteiger charge is 2.44. The minimum Gasteiger partial charge on any atom is -0.489 e. The van der Waals surface area contributed by atoms with Crippen LogP contribution in [0.4, 0.5) is 11.6 Å². The quantitative estimate of drug-likeness (QED) is 0.301. The Balaban J connectivity index is 0.00000329. The molecule has 8 heterocycles. The summed E-state index contributed by atoms with van der Waals surface area (Å²) in [5, 5.41) is 17.5. The Morgan fingerprint density at radius 3 is 2.70 bits per heavy atom. The summed E-state index contributed by atoms with van der Waals surface area (Å²) in [4.78, 5) is 18.7. The van der Waals surface area contributed by atoms with Crippen LogP contribution in [0.5, 0.6) is 11.6 Å². The van der Waals surface area contributed by atoms with Crippen molar-refractivity contribution >= 4 is 30.6 Å². The van der Waals surface area contributed by atoms with Gasteiger partial charge in [-0.05, 0) is 18.1 Å². The number of morpholine rings is 1. The standard InChI is InChI=1S/C29H32N10O3.H2S/c1-40-27-3-2-18(9-35-27)13-38-19-6-20(38)15-37(14-19)26-12-33-25(11-34-26)23-7-21(42-17-22-10-32-4-5-41-22)16-39-28(23)24(8-30)29(31)36-39;/h2-3,7,9,11-12,16,19-20,22,32H,4-6,10,13-15,17H2,1H3,(H2,31,36);1H2/t19?,20?,22-;/m0./s1. The Morgan fingerprint density at radius 1 is 1.16 bits per heavy atom. The first kappa shape index (κ1) is 28.9. The zero-order valence-corrected chi connectivity index (χ0v) is 24.8. The van der Waals surface area contributed by atoms with Crippen LogP contribution in [0.15, 0.2) is 43.0 Å². The fraction of sp³-hybridized carbons (Fsp3) is 0.414. The summed E-state index contributed by atoms with van der Waals surface area (Å²) >= 11 is 0. The molecule has 224 valence electrons. The number of nitrogen functional groups attached to an aromatic ring is 1. The molecule has 4 fully saturated rings. The number of fused-ring (bicyclic) bond motifs is 3. The van der Waals surface area contributed by atoms with Crippen molar-refractivity contribution in [1.29, 1.82) is 5.26 Å². The first-order chi connectivity index (χ1) is 20.6. The molecule has 2 bridgehead atoms. The second kappa shape index (κ2) is 12.2. The van der Waals surface area contributed by atoms with Gasteiger partial charge in [-0.3, -0.25) is 9.88 Å². The molecule has 3 N–H and O–H groups in total. The Morgan fingerprint density at radius 2 is 2.02 bits per heavy atom. The molecule has 0 amide bonds. The van der Waals surface area contributed by atoms with E-state index in [1.807, 2.05) is 18.3 Å². The van der Waals surface area contributed by atoms with Crippen LogP contribution in [0.3, 0.4) is 0 Å². The van der Waals surface area contributed by atoms with Crippen molar-refractivity contribution in [3.63, 3.8) is 0 Å². The largest absolute Gasteiger partial charge is 0.489 e. The van der Waals surface area contributed by atoms with Crippen molar-refractivity contribution in [3.05, 3.63) is 54.1 Å². The molecular weight excluding hydrogens is 568 g/mol. The van der Waals surface area contributed by atoms with Crippen molar-refractivity contribution < 1.29 is 14.2 Å². The third kappa shape index (κ3) is 5.64. The third-order valence-electron chi connectivity index (χ3n) is 8.24. The van der Waals surface area contributed by atoms with E-state index in [0.717, 1.165) is 38.5 Å². The molecule has 4 aromatic heterocycles. The lowest BCUT2D eigenvalue weighted by atomic mass is 9.87. The number of rotatable bonds is 8. The van der Waals surface area contributed by atoms with Gasteiger partial charge in [-0.1, -0.05) is 6.07 Å². The second-order valence-corrected chi connectivity index (χ2v) is 10.9. The molecule has 3 atom stereocenters. The van der Waals surface area contributed by atoms with E-state index < -0.39 is 0 Å². The maximum atomic E-state index is 9.81. The van der Waals surface area contributed by atoms with Crippen LogP contribution in [-0.4, -0.2) is 94.2 Å². The van der Waals surface area contributed by atoms with Gasteiger partial charge in [-0.25, -0.2) is 14.5 Å². The van der Waals surface area contributed by atoms with E-state index in [4.69, 9.17) is 29.9 Å². The minimum absolute atomic E-state index is 0. The lowest BCUT2D eigenvalue weighted by molar-refractivity contribution is -0.00879. The van der Waals surface area contributed by atoms with Crippen molar-refractivity contribution in [2.75, 3.05) is 57.1 Å². The smallest absolute Gasteiger partial charge is 0.212 e. The molecule has 0 spiro atoms. The predicted molar refractivity (Wildman–Crippen MR) is 165 cm³/mol. The Hall–Kier alpha value is -4.16. The van der Waals surface area contributed by atoms with Gasteiger partial charge < -0.3 is 30.2 Å². The van der Waals surface area contributed by atoms with Crippen LogP contribution in [0.2, 0.25) is 0 Å². The average molecular weight is 603 g/mol. The highest BCUT2D eigenvalue weighted by molar-refractivity contribution is 7.59. The van der Waals surface area contributed by atoms with Crippen molar-refractivity contribution in [2.24, 2.45) is 0 Å². The summed E-state index contributed by atoms with van der Waals surface area (Å²) in [5.74, 6) is 2.19. The number of ether oxygens (including phenoxy) is 3. The van der Waals surface area contributed by atoms with E-state index in [1.54, 1.807) is 30.2 Å². The summed E-state index contributed by atoms with van der Waals surface area (Å²) < 4.78 is 18.6. The van der Waals surface area contributed by atoms with Gasteiger partial charge in [0.25, 0.3) is 0 Å². The van der Waals surface area contributed by atoms with Crippen LogP contribution in [0, 0.1) is 11.3 Å². The summed E-state index contributed by atoms with van der Waals surface area (Å²) in [6, 6.07) is 8.94. The van der Waals surface area contributed by atoms with Gasteiger partial charge in [0, 0.05) is 62.6 Å². The first-order valence-electron chi connectivity index (χ1n) is 14.1. The van der Waals surface area contributed by atoms with Gasteiger partial charge in [0.2, 0.25) is 5.88 Å². The zero-order chi connectivity index (χ0) is 28.6. The maximum absolute atomic E-state index is 9.81. The van der Waals surface area contributed by atoms with Gasteiger partial charge in [0.05, 0.1) is 43.5 Å². The molecule has 0 aromatic carbocycles. The number of anilines is 2.